The molecule has 20 heavy (non-hydrogen) atoms. The molecule has 0 radical (unpaired) electrons. The smallest absolute Gasteiger partial charge is 0.254 e. The number of nitrogens with zero attached hydrogens (tertiary/aromatic N) is 2. The molecule has 5 heteroatoms. The van der Waals surface area contributed by atoms with Gasteiger partial charge in [0.2, 0.25) is 0 Å². The molecule has 1 heterocycles. The van der Waals surface area contributed by atoms with E-state index in [4.69, 9.17) is 9.15 Å². The van der Waals surface area contributed by atoms with Gasteiger partial charge in [0.15, 0.2) is 5.89 Å². The molecule has 5 nitrogen and oxygen atoms in total. The highest BCUT2D eigenvalue weighted by Gasteiger charge is 2.19. The Kier molecular flexibility index (Phi) is 3.79. The van der Waals surface area contributed by atoms with Crippen molar-refractivity contribution in [3.8, 4) is 17.0 Å². The minimum absolute atomic E-state index is 0.0808. The number of rotatable bonds is 3. The number of oxazole rings is 1. The molecule has 0 N–H and O–H groups in total. The van der Waals surface area contributed by atoms with Crippen molar-refractivity contribution in [1.82, 2.24) is 9.88 Å². The molecule has 0 saturated heterocycles. The largest absolute Gasteiger partial charge is 0.497 e. The van der Waals surface area contributed by atoms with Crippen LogP contribution in [0, 0.1) is 13.8 Å². The summed E-state index contributed by atoms with van der Waals surface area (Å²) in [6.07, 6.45) is 0. The van der Waals surface area contributed by atoms with Crippen molar-refractivity contribution in [2.75, 3.05) is 21.2 Å². The Morgan fingerprint density at radius 2 is 2.00 bits per heavy atom. The highest BCUT2D eigenvalue weighted by Crippen LogP contribution is 2.30. The summed E-state index contributed by atoms with van der Waals surface area (Å²) in [5.74, 6) is 1.85. The lowest BCUT2D eigenvalue weighted by atomic mass is 10.0. The summed E-state index contributed by atoms with van der Waals surface area (Å²) in [5.41, 5.74) is 1.97. The van der Waals surface area contributed by atoms with Crippen LogP contribution in [0.15, 0.2) is 22.6 Å². The minimum Gasteiger partial charge on any atom is -0.497 e. The lowest BCUT2D eigenvalue weighted by Crippen LogP contribution is -2.22. The van der Waals surface area contributed by atoms with Gasteiger partial charge < -0.3 is 14.1 Å². The maximum Gasteiger partial charge on any atom is 0.254 e. The van der Waals surface area contributed by atoms with Crippen molar-refractivity contribution in [3.05, 3.63) is 35.4 Å². The number of aromatic nitrogens is 1. The fraction of sp³-hybridized carbons (Fsp3) is 0.333. The van der Waals surface area contributed by atoms with Crippen LogP contribution < -0.4 is 4.74 Å². The molecule has 1 aromatic heterocycles. The molecular weight excluding hydrogens is 256 g/mol. The van der Waals surface area contributed by atoms with Gasteiger partial charge in [0.05, 0.1) is 7.11 Å². The number of hydrogen-bond acceptors (Lipinski definition) is 4. The summed E-state index contributed by atoms with van der Waals surface area (Å²) < 4.78 is 10.7. The molecule has 0 aliphatic carbocycles. The van der Waals surface area contributed by atoms with Gasteiger partial charge in [-0.2, -0.15) is 0 Å². The number of hydrogen-bond donors (Lipinski definition) is 0. The summed E-state index contributed by atoms with van der Waals surface area (Å²) in [7, 11) is 5.03. The van der Waals surface area contributed by atoms with Crippen LogP contribution in [0.25, 0.3) is 11.3 Å². The van der Waals surface area contributed by atoms with Crippen molar-refractivity contribution in [2.45, 2.75) is 13.8 Å². The van der Waals surface area contributed by atoms with Crippen molar-refractivity contribution >= 4 is 5.91 Å². The first-order valence-electron chi connectivity index (χ1n) is 6.28. The van der Waals surface area contributed by atoms with Crippen molar-refractivity contribution < 1.29 is 13.9 Å². The predicted octanol–water partition coefficient (Wildman–Crippen LogP) is 2.67. The summed E-state index contributed by atoms with van der Waals surface area (Å²) >= 11 is 0. The molecule has 1 amide bonds. The lowest BCUT2D eigenvalue weighted by Gasteiger charge is -2.14. The van der Waals surface area contributed by atoms with Gasteiger partial charge in [-0.25, -0.2) is 4.98 Å². The summed E-state index contributed by atoms with van der Waals surface area (Å²) in [6, 6.07) is 5.32. The van der Waals surface area contributed by atoms with E-state index in [9.17, 15) is 4.79 Å². The zero-order chi connectivity index (χ0) is 14.9. The van der Waals surface area contributed by atoms with Crippen molar-refractivity contribution in [2.24, 2.45) is 0 Å². The average molecular weight is 274 g/mol. The molecule has 0 bridgehead atoms. The highest BCUT2D eigenvalue weighted by atomic mass is 16.5. The van der Waals surface area contributed by atoms with Crippen LogP contribution in [0.4, 0.5) is 0 Å². The first kappa shape index (κ1) is 14.1. The Morgan fingerprint density at radius 1 is 1.30 bits per heavy atom. The number of carbonyl (C=O) groups is 1. The first-order chi connectivity index (χ1) is 9.43. The Morgan fingerprint density at radius 3 is 2.50 bits per heavy atom. The van der Waals surface area contributed by atoms with Gasteiger partial charge in [-0.15, -0.1) is 0 Å². The second-order valence-corrected chi connectivity index (χ2v) is 4.75. The average Bonchev–Trinajstić information content (AvgIpc) is 2.76. The standard InChI is InChI=1S/C15H18N2O3/c1-9-14(16-10(2)20-9)13-8-11(19-5)6-7-12(13)15(18)17(3)4/h6-8H,1-5H3. The topological polar surface area (TPSA) is 55.6 Å². The van der Waals surface area contributed by atoms with Gasteiger partial charge in [-0.1, -0.05) is 0 Å². The summed E-state index contributed by atoms with van der Waals surface area (Å²) in [4.78, 5) is 18.2. The van der Waals surface area contributed by atoms with Gasteiger partial charge in [-0.3, -0.25) is 4.79 Å². The van der Waals surface area contributed by atoms with E-state index in [1.165, 1.54) is 4.90 Å². The second-order valence-electron chi connectivity index (χ2n) is 4.75. The molecular formula is C15H18N2O3. The fourth-order valence-corrected chi connectivity index (χ4v) is 2.05. The third kappa shape index (κ3) is 2.52. The number of carbonyl (C=O) groups excluding carboxylic acids is 1. The summed E-state index contributed by atoms with van der Waals surface area (Å²) in [6.45, 7) is 3.61. The van der Waals surface area contributed by atoms with Crippen LogP contribution in [0.1, 0.15) is 22.0 Å². The van der Waals surface area contributed by atoms with Crippen molar-refractivity contribution in [1.29, 1.82) is 0 Å². The number of ether oxygens (including phenoxy) is 1. The van der Waals surface area contributed by atoms with Gasteiger partial charge in [0.1, 0.15) is 17.2 Å². The molecule has 0 atom stereocenters. The molecule has 0 aliphatic rings. The van der Waals surface area contributed by atoms with Crippen LogP contribution in [-0.4, -0.2) is 37.0 Å². The summed E-state index contributed by atoms with van der Waals surface area (Å²) in [5, 5.41) is 0. The number of amides is 1. The van der Waals surface area contributed by atoms with Crippen molar-refractivity contribution in [3.63, 3.8) is 0 Å². The lowest BCUT2D eigenvalue weighted by molar-refractivity contribution is 0.0828. The van der Waals surface area contributed by atoms with E-state index in [1.54, 1.807) is 46.3 Å². The minimum atomic E-state index is -0.0808. The molecule has 2 rings (SSSR count). The Labute approximate surface area is 118 Å². The normalized spacial score (nSPS) is 10.4. The molecule has 0 unspecified atom stereocenters. The molecule has 1 aromatic carbocycles. The third-order valence-electron chi connectivity index (χ3n) is 3.02. The molecule has 2 aromatic rings. The molecule has 0 saturated carbocycles. The Bertz CT molecular complexity index is 645. The number of aryl methyl sites for hydroxylation is 2. The second kappa shape index (κ2) is 5.36. The molecule has 0 fully saturated rings. The van der Waals surface area contributed by atoms with E-state index in [0.29, 0.717) is 28.7 Å². The fourth-order valence-electron chi connectivity index (χ4n) is 2.05. The van der Waals surface area contributed by atoms with Gasteiger partial charge in [0.25, 0.3) is 5.91 Å². The van der Waals surface area contributed by atoms with Crippen LogP contribution in [0.3, 0.4) is 0 Å². The van der Waals surface area contributed by atoms with E-state index >= 15 is 0 Å². The van der Waals surface area contributed by atoms with E-state index in [0.717, 1.165) is 5.56 Å². The van der Waals surface area contributed by atoms with E-state index in [2.05, 4.69) is 4.98 Å². The SMILES string of the molecule is COc1ccc(C(=O)N(C)C)c(-c2nc(C)oc2C)c1. The molecule has 0 aliphatic heterocycles. The quantitative estimate of drug-likeness (QED) is 0.863. The Balaban J connectivity index is 2.65. The first-order valence-corrected chi connectivity index (χ1v) is 6.28. The van der Waals surface area contributed by atoms with Crippen LogP contribution in [0.5, 0.6) is 5.75 Å². The zero-order valence-electron chi connectivity index (χ0n) is 12.4. The maximum atomic E-state index is 12.3. The highest BCUT2D eigenvalue weighted by molar-refractivity contribution is 6.00. The zero-order valence-corrected chi connectivity index (χ0v) is 12.4. The van der Waals surface area contributed by atoms with E-state index in [1.807, 2.05) is 6.92 Å². The number of methoxy groups -OCH3 is 1. The van der Waals surface area contributed by atoms with Gasteiger partial charge >= 0.3 is 0 Å². The van der Waals surface area contributed by atoms with Gasteiger partial charge in [-0.05, 0) is 25.1 Å². The predicted molar refractivity (Wildman–Crippen MR) is 76.0 cm³/mol. The van der Waals surface area contributed by atoms with Gasteiger partial charge in [0, 0.05) is 32.1 Å². The molecule has 0 spiro atoms. The monoisotopic (exact) mass is 274 g/mol. The number of benzene rings is 1. The molecule has 106 valence electrons. The van der Waals surface area contributed by atoms with E-state index in [-0.39, 0.29) is 5.91 Å². The van der Waals surface area contributed by atoms with E-state index < -0.39 is 0 Å². The Hall–Kier alpha value is -2.30. The maximum absolute atomic E-state index is 12.3. The third-order valence-corrected chi connectivity index (χ3v) is 3.02. The van der Waals surface area contributed by atoms with Crippen LogP contribution in [-0.2, 0) is 0 Å². The van der Waals surface area contributed by atoms with Crippen LogP contribution >= 0.6 is 0 Å². The van der Waals surface area contributed by atoms with Crippen LogP contribution in [0.2, 0.25) is 0 Å².